The van der Waals surface area contributed by atoms with Crippen molar-refractivity contribution >= 4 is 17.4 Å². The molecule has 1 saturated heterocycles. The molecule has 0 aliphatic carbocycles. The van der Waals surface area contributed by atoms with Gasteiger partial charge in [0.2, 0.25) is 0 Å². The molecule has 0 saturated carbocycles. The van der Waals surface area contributed by atoms with Crippen LogP contribution < -0.4 is 5.73 Å². The topological polar surface area (TPSA) is 55.5 Å². The monoisotopic (exact) mass is 211 g/mol. The maximum Gasteiger partial charge on any atom is 0.0917 e. The van der Waals surface area contributed by atoms with E-state index in [1.165, 1.54) is 0 Å². The number of thioether (sulfide) groups is 1. The molecule has 1 aromatic carbocycles. The Morgan fingerprint density at radius 1 is 1.43 bits per heavy atom. The van der Waals surface area contributed by atoms with Gasteiger partial charge in [-0.1, -0.05) is 6.07 Å². The number of hydrogen-bond acceptors (Lipinski definition) is 4. The molecule has 2 atom stereocenters. The van der Waals surface area contributed by atoms with Gasteiger partial charge in [-0.15, -0.1) is 11.8 Å². The first-order valence-electron chi connectivity index (χ1n) is 4.54. The van der Waals surface area contributed by atoms with Crippen LogP contribution in [0.1, 0.15) is 0 Å². The molecule has 76 valence electrons. The second-order valence-electron chi connectivity index (χ2n) is 3.33. The van der Waals surface area contributed by atoms with Crippen molar-refractivity contribution in [2.45, 2.75) is 16.2 Å². The van der Waals surface area contributed by atoms with Crippen molar-refractivity contribution in [1.29, 1.82) is 0 Å². The number of rotatable bonds is 2. The first kappa shape index (κ1) is 9.83. The summed E-state index contributed by atoms with van der Waals surface area (Å²) < 4.78 is 5.17. The normalized spacial score (nSPS) is 26.6. The molecule has 4 heteroatoms. The number of nitrogen functional groups attached to an aromatic ring is 1. The summed E-state index contributed by atoms with van der Waals surface area (Å²) in [7, 11) is 0. The number of benzene rings is 1. The average molecular weight is 211 g/mol. The molecular formula is C10H13NO2S. The molecule has 3 nitrogen and oxygen atoms in total. The summed E-state index contributed by atoms with van der Waals surface area (Å²) in [6, 6.07) is 7.67. The average Bonchev–Trinajstić information content (AvgIpc) is 2.52. The van der Waals surface area contributed by atoms with Crippen LogP contribution in [0.3, 0.4) is 0 Å². The van der Waals surface area contributed by atoms with Gasteiger partial charge in [0, 0.05) is 10.6 Å². The summed E-state index contributed by atoms with van der Waals surface area (Å²) >= 11 is 1.62. The lowest BCUT2D eigenvalue weighted by Crippen LogP contribution is -2.19. The zero-order valence-electron chi connectivity index (χ0n) is 7.72. The third-order valence-corrected chi connectivity index (χ3v) is 3.42. The van der Waals surface area contributed by atoms with Crippen LogP contribution in [-0.2, 0) is 4.74 Å². The van der Waals surface area contributed by atoms with E-state index in [0.29, 0.717) is 13.2 Å². The Morgan fingerprint density at radius 3 is 2.93 bits per heavy atom. The van der Waals surface area contributed by atoms with Gasteiger partial charge in [0.1, 0.15) is 0 Å². The predicted octanol–water partition coefficient (Wildman–Crippen LogP) is 1.12. The number of aliphatic hydroxyl groups is 1. The number of aliphatic hydroxyl groups excluding tert-OH is 1. The predicted molar refractivity (Wildman–Crippen MR) is 57.3 cm³/mol. The Kier molecular flexibility index (Phi) is 2.96. The van der Waals surface area contributed by atoms with Gasteiger partial charge in [-0.3, -0.25) is 0 Å². The Morgan fingerprint density at radius 2 is 2.29 bits per heavy atom. The van der Waals surface area contributed by atoms with Gasteiger partial charge in [0.25, 0.3) is 0 Å². The van der Waals surface area contributed by atoms with Gasteiger partial charge < -0.3 is 15.6 Å². The highest BCUT2D eigenvalue weighted by Gasteiger charge is 2.26. The van der Waals surface area contributed by atoms with E-state index in [0.717, 1.165) is 10.6 Å². The van der Waals surface area contributed by atoms with Gasteiger partial charge in [-0.2, -0.15) is 0 Å². The summed E-state index contributed by atoms with van der Waals surface area (Å²) in [5.41, 5.74) is 6.41. The maximum atomic E-state index is 9.54. The van der Waals surface area contributed by atoms with E-state index >= 15 is 0 Å². The van der Waals surface area contributed by atoms with Crippen molar-refractivity contribution < 1.29 is 9.84 Å². The van der Waals surface area contributed by atoms with Crippen LogP contribution in [0.2, 0.25) is 0 Å². The van der Waals surface area contributed by atoms with Crippen LogP contribution in [0.5, 0.6) is 0 Å². The summed E-state index contributed by atoms with van der Waals surface area (Å²) in [5.74, 6) is 0. The molecule has 14 heavy (non-hydrogen) atoms. The van der Waals surface area contributed by atoms with Gasteiger partial charge in [0.05, 0.1) is 24.6 Å². The van der Waals surface area contributed by atoms with E-state index in [-0.39, 0.29) is 11.4 Å². The summed E-state index contributed by atoms with van der Waals surface area (Å²) in [6.07, 6.45) is -0.360. The number of ether oxygens (including phenoxy) is 1. The molecule has 0 aromatic heterocycles. The molecule has 0 spiro atoms. The van der Waals surface area contributed by atoms with Crippen molar-refractivity contribution in [1.82, 2.24) is 0 Å². The fourth-order valence-corrected chi connectivity index (χ4v) is 2.51. The summed E-state index contributed by atoms with van der Waals surface area (Å²) in [4.78, 5) is 1.08. The zero-order chi connectivity index (χ0) is 9.97. The van der Waals surface area contributed by atoms with Gasteiger partial charge in [-0.25, -0.2) is 0 Å². The highest BCUT2D eigenvalue weighted by atomic mass is 32.2. The number of hydrogen-bond donors (Lipinski definition) is 2. The number of anilines is 1. The second kappa shape index (κ2) is 4.21. The van der Waals surface area contributed by atoms with Crippen LogP contribution in [0.15, 0.2) is 29.2 Å². The third-order valence-electron chi connectivity index (χ3n) is 2.15. The van der Waals surface area contributed by atoms with Gasteiger partial charge in [-0.05, 0) is 18.2 Å². The lowest BCUT2D eigenvalue weighted by Gasteiger charge is -2.11. The van der Waals surface area contributed by atoms with E-state index in [1.807, 2.05) is 24.3 Å². The molecule has 0 bridgehead atoms. The summed E-state index contributed by atoms with van der Waals surface area (Å²) in [5, 5.41) is 9.68. The van der Waals surface area contributed by atoms with Crippen LogP contribution in [0.25, 0.3) is 0 Å². The van der Waals surface area contributed by atoms with Crippen LogP contribution in [-0.4, -0.2) is 29.7 Å². The first-order chi connectivity index (χ1) is 6.75. The highest BCUT2D eigenvalue weighted by Crippen LogP contribution is 2.29. The third kappa shape index (κ3) is 2.20. The van der Waals surface area contributed by atoms with Crippen molar-refractivity contribution in [2.75, 3.05) is 18.9 Å². The zero-order valence-corrected chi connectivity index (χ0v) is 8.54. The highest BCUT2D eigenvalue weighted by molar-refractivity contribution is 8.00. The minimum Gasteiger partial charge on any atom is -0.399 e. The SMILES string of the molecule is Nc1cccc(SC2COCC2O)c1. The Labute approximate surface area is 87.3 Å². The molecule has 2 rings (SSSR count). The minimum absolute atomic E-state index is 0.136. The fraction of sp³-hybridized carbons (Fsp3) is 0.400. The van der Waals surface area contributed by atoms with Crippen molar-refractivity contribution in [3.8, 4) is 0 Å². The first-order valence-corrected chi connectivity index (χ1v) is 5.41. The molecule has 1 aliphatic rings. The quantitative estimate of drug-likeness (QED) is 0.720. The van der Waals surface area contributed by atoms with E-state index in [4.69, 9.17) is 10.5 Å². The molecule has 1 aliphatic heterocycles. The van der Waals surface area contributed by atoms with E-state index < -0.39 is 0 Å². The molecule has 0 amide bonds. The molecule has 1 fully saturated rings. The maximum absolute atomic E-state index is 9.54. The van der Waals surface area contributed by atoms with E-state index in [1.54, 1.807) is 11.8 Å². The van der Waals surface area contributed by atoms with Crippen molar-refractivity contribution in [3.05, 3.63) is 24.3 Å². The van der Waals surface area contributed by atoms with Gasteiger partial charge in [0.15, 0.2) is 0 Å². The van der Waals surface area contributed by atoms with Gasteiger partial charge >= 0.3 is 0 Å². The lowest BCUT2D eigenvalue weighted by atomic mass is 10.3. The van der Waals surface area contributed by atoms with Crippen LogP contribution in [0.4, 0.5) is 5.69 Å². The Bertz CT molecular complexity index is 319. The molecular weight excluding hydrogens is 198 g/mol. The largest absolute Gasteiger partial charge is 0.399 e. The lowest BCUT2D eigenvalue weighted by molar-refractivity contribution is 0.127. The molecule has 3 N–H and O–H groups in total. The molecule has 2 unspecified atom stereocenters. The van der Waals surface area contributed by atoms with Crippen LogP contribution >= 0.6 is 11.8 Å². The molecule has 0 radical (unpaired) electrons. The second-order valence-corrected chi connectivity index (χ2v) is 4.65. The summed E-state index contributed by atoms with van der Waals surface area (Å²) in [6.45, 7) is 1.06. The fourth-order valence-electron chi connectivity index (χ4n) is 1.40. The number of nitrogens with two attached hydrogens (primary N) is 1. The minimum atomic E-state index is -0.360. The molecule has 1 heterocycles. The molecule has 1 aromatic rings. The van der Waals surface area contributed by atoms with Crippen molar-refractivity contribution in [2.24, 2.45) is 0 Å². The Balaban J connectivity index is 2.03. The van der Waals surface area contributed by atoms with E-state index in [2.05, 4.69) is 0 Å². The van der Waals surface area contributed by atoms with Crippen molar-refractivity contribution in [3.63, 3.8) is 0 Å². The van der Waals surface area contributed by atoms with Crippen LogP contribution in [0, 0.1) is 0 Å². The smallest absolute Gasteiger partial charge is 0.0917 e. The standard InChI is InChI=1S/C10H13NO2S/c11-7-2-1-3-8(4-7)14-10-6-13-5-9(10)12/h1-4,9-10,12H,5-6,11H2. The Hall–Kier alpha value is -0.710. The van der Waals surface area contributed by atoms with E-state index in [9.17, 15) is 5.11 Å².